The second-order valence-corrected chi connectivity index (χ2v) is 6.74. The highest BCUT2D eigenvalue weighted by molar-refractivity contribution is 6.17. The summed E-state index contributed by atoms with van der Waals surface area (Å²) in [4.78, 5) is 0. The summed E-state index contributed by atoms with van der Waals surface area (Å²) in [5, 5.41) is 0. The van der Waals surface area contributed by atoms with Crippen molar-refractivity contribution in [2.24, 2.45) is 0 Å². The van der Waals surface area contributed by atoms with Crippen LogP contribution in [0.15, 0.2) is 48.5 Å². The second kappa shape index (κ2) is 8.64. The molecule has 0 bridgehead atoms. The van der Waals surface area contributed by atoms with Crippen molar-refractivity contribution < 1.29 is 9.47 Å². The average Bonchev–Trinajstić information content (AvgIpc) is 2.63. The summed E-state index contributed by atoms with van der Waals surface area (Å²) in [6.45, 7) is 0. The predicted molar refractivity (Wildman–Crippen MR) is 99.3 cm³/mol. The largest absolute Gasteiger partial charge is 0.490 e. The quantitative estimate of drug-likeness (QED) is 0.591. The van der Waals surface area contributed by atoms with E-state index in [9.17, 15) is 0 Å². The lowest BCUT2D eigenvalue weighted by molar-refractivity contribution is 0.0680. The molecule has 0 radical (unpaired) electrons. The average molecular weight is 365 g/mol. The van der Waals surface area contributed by atoms with E-state index < -0.39 is 0 Å². The first kappa shape index (κ1) is 17.4. The molecular weight excluding hydrogens is 343 g/mol. The van der Waals surface area contributed by atoms with Crippen LogP contribution in [0.3, 0.4) is 0 Å². The Morgan fingerprint density at radius 3 is 1.50 bits per heavy atom. The van der Waals surface area contributed by atoms with Crippen LogP contribution in [0.4, 0.5) is 0 Å². The fourth-order valence-electron chi connectivity index (χ4n) is 3.02. The molecule has 3 rings (SSSR count). The third-order valence-corrected chi connectivity index (χ3v) is 4.96. The van der Waals surface area contributed by atoms with E-state index in [4.69, 9.17) is 32.7 Å². The molecule has 4 heteroatoms. The molecule has 0 aromatic heterocycles. The molecule has 1 fully saturated rings. The Morgan fingerprint density at radius 1 is 0.708 bits per heavy atom. The van der Waals surface area contributed by atoms with Gasteiger partial charge in [0.1, 0.15) is 23.7 Å². The van der Waals surface area contributed by atoms with Gasteiger partial charge in [0.25, 0.3) is 0 Å². The van der Waals surface area contributed by atoms with E-state index in [2.05, 4.69) is 0 Å². The van der Waals surface area contributed by atoms with Gasteiger partial charge in [0.2, 0.25) is 0 Å². The maximum Gasteiger partial charge on any atom is 0.119 e. The third-order valence-electron chi connectivity index (χ3n) is 4.34. The molecule has 0 amide bonds. The van der Waals surface area contributed by atoms with Crippen molar-refractivity contribution in [1.82, 2.24) is 0 Å². The van der Waals surface area contributed by atoms with E-state index in [0.29, 0.717) is 11.8 Å². The van der Waals surface area contributed by atoms with Crippen LogP contribution in [0.5, 0.6) is 11.5 Å². The Morgan fingerprint density at radius 2 is 1.12 bits per heavy atom. The minimum absolute atomic E-state index is 0.202. The van der Waals surface area contributed by atoms with Gasteiger partial charge in [-0.2, -0.15) is 0 Å². The summed E-state index contributed by atoms with van der Waals surface area (Å²) in [5.41, 5.74) is 2.21. The van der Waals surface area contributed by atoms with Gasteiger partial charge in [0, 0.05) is 18.2 Å². The Hall–Kier alpha value is -1.38. The molecule has 2 atom stereocenters. The fraction of sp³-hybridized carbons (Fsp3) is 0.400. The Labute approximate surface area is 153 Å². The van der Waals surface area contributed by atoms with Crippen molar-refractivity contribution in [2.75, 3.05) is 0 Å². The third kappa shape index (κ3) is 4.81. The predicted octanol–water partition coefficient (Wildman–Crippen LogP) is 5.93. The molecule has 0 heterocycles. The van der Waals surface area contributed by atoms with E-state index >= 15 is 0 Å². The van der Waals surface area contributed by atoms with Crippen LogP contribution in [0.2, 0.25) is 0 Å². The lowest BCUT2D eigenvalue weighted by Crippen LogP contribution is -2.31. The van der Waals surface area contributed by atoms with Gasteiger partial charge in [0.15, 0.2) is 0 Å². The lowest BCUT2D eigenvalue weighted by Gasteiger charge is -2.30. The minimum atomic E-state index is 0.202. The van der Waals surface area contributed by atoms with Gasteiger partial charge < -0.3 is 9.47 Å². The second-order valence-electron chi connectivity index (χ2n) is 6.20. The smallest absolute Gasteiger partial charge is 0.119 e. The molecule has 2 nitrogen and oxygen atoms in total. The topological polar surface area (TPSA) is 18.5 Å². The molecule has 2 unspecified atom stereocenters. The van der Waals surface area contributed by atoms with Gasteiger partial charge >= 0.3 is 0 Å². The molecule has 0 aliphatic heterocycles. The molecule has 0 spiro atoms. The monoisotopic (exact) mass is 364 g/mol. The Bertz CT molecular complexity index is 570. The summed E-state index contributed by atoms with van der Waals surface area (Å²) >= 11 is 11.6. The van der Waals surface area contributed by atoms with Gasteiger partial charge in [0.05, 0.1) is 0 Å². The lowest BCUT2D eigenvalue weighted by atomic mass is 9.94. The molecule has 1 saturated carbocycles. The highest BCUT2D eigenvalue weighted by Crippen LogP contribution is 2.27. The summed E-state index contributed by atoms with van der Waals surface area (Å²) in [6, 6.07) is 16.0. The Balaban J connectivity index is 1.54. The van der Waals surface area contributed by atoms with Gasteiger partial charge in [-0.05, 0) is 54.7 Å². The summed E-state index contributed by atoms with van der Waals surface area (Å²) < 4.78 is 12.2. The fourth-order valence-corrected chi connectivity index (χ4v) is 3.37. The van der Waals surface area contributed by atoms with E-state index in [1.54, 1.807) is 0 Å². The number of hydrogen-bond donors (Lipinski definition) is 0. The van der Waals surface area contributed by atoms with Crippen molar-refractivity contribution in [1.29, 1.82) is 0 Å². The zero-order valence-electron chi connectivity index (χ0n) is 13.6. The van der Waals surface area contributed by atoms with Crippen molar-refractivity contribution in [3.05, 3.63) is 59.7 Å². The summed E-state index contributed by atoms with van der Waals surface area (Å²) in [5.74, 6) is 2.87. The number of ether oxygens (including phenoxy) is 2. The number of benzene rings is 2. The normalized spacial score (nSPS) is 20.6. The Kier molecular flexibility index (Phi) is 6.28. The van der Waals surface area contributed by atoms with Gasteiger partial charge in [-0.25, -0.2) is 0 Å². The molecule has 128 valence electrons. The maximum atomic E-state index is 6.12. The first-order chi connectivity index (χ1) is 11.8. The van der Waals surface area contributed by atoms with Gasteiger partial charge in [-0.1, -0.05) is 24.3 Å². The molecule has 2 aromatic carbocycles. The van der Waals surface area contributed by atoms with Gasteiger partial charge in [-0.3, -0.25) is 0 Å². The summed E-state index contributed by atoms with van der Waals surface area (Å²) in [7, 11) is 0. The first-order valence-electron chi connectivity index (χ1n) is 8.40. The molecular formula is C20H22Cl2O2. The number of halogens is 2. The van der Waals surface area contributed by atoms with Gasteiger partial charge in [-0.15, -0.1) is 23.2 Å². The van der Waals surface area contributed by atoms with Crippen LogP contribution in [0.1, 0.15) is 36.8 Å². The molecule has 2 aromatic rings. The van der Waals surface area contributed by atoms with Crippen LogP contribution < -0.4 is 9.47 Å². The highest BCUT2D eigenvalue weighted by Gasteiger charge is 2.24. The molecule has 24 heavy (non-hydrogen) atoms. The van der Waals surface area contributed by atoms with Crippen LogP contribution in [-0.2, 0) is 11.8 Å². The van der Waals surface area contributed by atoms with Crippen LogP contribution in [0, 0.1) is 0 Å². The number of rotatable bonds is 6. The number of alkyl halides is 2. The SMILES string of the molecule is ClCc1ccc(OC2CCCC(Oc3ccc(CCl)cc3)C2)cc1. The zero-order chi connectivity index (χ0) is 16.8. The zero-order valence-corrected chi connectivity index (χ0v) is 15.1. The minimum Gasteiger partial charge on any atom is -0.490 e. The van der Waals surface area contributed by atoms with Crippen molar-refractivity contribution in [3.63, 3.8) is 0 Å². The van der Waals surface area contributed by atoms with Crippen LogP contribution >= 0.6 is 23.2 Å². The molecule has 1 aliphatic carbocycles. The van der Waals surface area contributed by atoms with Crippen LogP contribution in [0.25, 0.3) is 0 Å². The molecule has 1 aliphatic rings. The van der Waals surface area contributed by atoms with Crippen LogP contribution in [-0.4, -0.2) is 12.2 Å². The molecule has 0 N–H and O–H groups in total. The summed E-state index contributed by atoms with van der Waals surface area (Å²) in [6.07, 6.45) is 4.58. The number of hydrogen-bond acceptors (Lipinski definition) is 2. The molecule has 0 saturated heterocycles. The van der Waals surface area contributed by atoms with E-state index in [0.717, 1.165) is 48.3 Å². The van der Waals surface area contributed by atoms with E-state index in [-0.39, 0.29) is 12.2 Å². The standard InChI is InChI=1S/C20H22Cl2O2/c21-13-15-4-8-17(9-5-15)23-19-2-1-3-20(12-19)24-18-10-6-16(14-22)7-11-18/h4-11,19-20H,1-3,12-14H2. The van der Waals surface area contributed by atoms with E-state index in [1.807, 2.05) is 48.5 Å². The highest BCUT2D eigenvalue weighted by atomic mass is 35.5. The van der Waals surface area contributed by atoms with E-state index in [1.165, 1.54) is 0 Å². The first-order valence-corrected chi connectivity index (χ1v) is 9.47. The van der Waals surface area contributed by atoms with Crippen molar-refractivity contribution in [2.45, 2.75) is 49.7 Å². The maximum absolute atomic E-state index is 6.12. The van der Waals surface area contributed by atoms with Crippen molar-refractivity contribution in [3.8, 4) is 11.5 Å². The van der Waals surface area contributed by atoms with Crippen molar-refractivity contribution >= 4 is 23.2 Å².